The van der Waals surface area contributed by atoms with Gasteiger partial charge in [0.25, 0.3) is 0 Å². The third-order valence-corrected chi connectivity index (χ3v) is 4.14. The SMILES string of the molecule is CCNC(=NCc1ccc(C#N)cc1)NC1CCCn2nc(C)nc21. The van der Waals surface area contributed by atoms with Crippen molar-refractivity contribution in [1.29, 1.82) is 5.26 Å². The van der Waals surface area contributed by atoms with E-state index in [9.17, 15) is 0 Å². The van der Waals surface area contributed by atoms with Gasteiger partial charge in [-0.2, -0.15) is 10.4 Å². The number of nitriles is 1. The molecule has 130 valence electrons. The Hall–Kier alpha value is -2.88. The van der Waals surface area contributed by atoms with Gasteiger partial charge in [-0.15, -0.1) is 0 Å². The highest BCUT2D eigenvalue weighted by Crippen LogP contribution is 2.22. The standard InChI is InChI=1S/C18H23N7/c1-3-20-18(21-12-15-8-6-14(11-19)7-9-15)23-16-5-4-10-25-17(16)22-13(2)24-25/h6-9,16H,3-5,10,12H2,1-2H3,(H2,20,21,23). The Bertz CT molecular complexity index is 783. The van der Waals surface area contributed by atoms with E-state index in [0.717, 1.165) is 49.1 Å². The maximum absolute atomic E-state index is 8.87. The summed E-state index contributed by atoms with van der Waals surface area (Å²) in [5.41, 5.74) is 1.73. The minimum Gasteiger partial charge on any atom is -0.357 e. The van der Waals surface area contributed by atoms with E-state index >= 15 is 0 Å². The smallest absolute Gasteiger partial charge is 0.192 e. The van der Waals surface area contributed by atoms with Crippen molar-refractivity contribution in [3.63, 3.8) is 0 Å². The van der Waals surface area contributed by atoms with Crippen LogP contribution in [-0.4, -0.2) is 27.3 Å². The lowest BCUT2D eigenvalue weighted by Crippen LogP contribution is -2.41. The molecule has 1 aromatic carbocycles. The lowest BCUT2D eigenvalue weighted by molar-refractivity contribution is 0.397. The van der Waals surface area contributed by atoms with E-state index < -0.39 is 0 Å². The molecule has 2 N–H and O–H groups in total. The molecule has 7 nitrogen and oxygen atoms in total. The number of aromatic nitrogens is 3. The number of hydrogen-bond acceptors (Lipinski definition) is 4. The van der Waals surface area contributed by atoms with E-state index in [2.05, 4.69) is 31.8 Å². The van der Waals surface area contributed by atoms with E-state index in [1.165, 1.54) is 0 Å². The second-order valence-corrected chi connectivity index (χ2v) is 6.08. The van der Waals surface area contributed by atoms with Crippen molar-refractivity contribution in [2.75, 3.05) is 6.54 Å². The molecule has 0 fully saturated rings. The molecule has 1 aromatic heterocycles. The Morgan fingerprint density at radius 1 is 1.40 bits per heavy atom. The van der Waals surface area contributed by atoms with Crippen LogP contribution in [0.4, 0.5) is 0 Å². The van der Waals surface area contributed by atoms with Gasteiger partial charge in [0.05, 0.1) is 24.2 Å². The highest BCUT2D eigenvalue weighted by Gasteiger charge is 2.24. The molecular weight excluding hydrogens is 314 g/mol. The Kier molecular flexibility index (Phi) is 5.29. The first-order valence-corrected chi connectivity index (χ1v) is 8.65. The summed E-state index contributed by atoms with van der Waals surface area (Å²) in [7, 11) is 0. The minimum absolute atomic E-state index is 0.119. The fraction of sp³-hybridized carbons (Fsp3) is 0.444. The predicted octanol–water partition coefficient (Wildman–Crippen LogP) is 2.05. The molecule has 1 unspecified atom stereocenters. The van der Waals surface area contributed by atoms with Crippen molar-refractivity contribution in [3.05, 3.63) is 47.0 Å². The molecule has 2 aromatic rings. The second-order valence-electron chi connectivity index (χ2n) is 6.08. The Morgan fingerprint density at radius 3 is 2.92 bits per heavy atom. The van der Waals surface area contributed by atoms with Gasteiger partial charge in [-0.05, 0) is 44.4 Å². The summed E-state index contributed by atoms with van der Waals surface area (Å²) < 4.78 is 1.99. The van der Waals surface area contributed by atoms with Crippen LogP contribution in [0.3, 0.4) is 0 Å². The molecule has 3 rings (SSSR count). The van der Waals surface area contributed by atoms with Crippen molar-refractivity contribution in [3.8, 4) is 6.07 Å². The summed E-state index contributed by atoms with van der Waals surface area (Å²) in [5, 5.41) is 20.1. The number of benzene rings is 1. The number of nitrogens with one attached hydrogen (secondary N) is 2. The van der Waals surface area contributed by atoms with Gasteiger partial charge in [-0.3, -0.25) is 0 Å². The third kappa shape index (κ3) is 4.15. The van der Waals surface area contributed by atoms with Crippen LogP contribution in [-0.2, 0) is 13.1 Å². The summed E-state index contributed by atoms with van der Waals surface area (Å²) in [4.78, 5) is 9.23. The summed E-state index contributed by atoms with van der Waals surface area (Å²) in [6.45, 7) is 6.24. The maximum Gasteiger partial charge on any atom is 0.192 e. The van der Waals surface area contributed by atoms with Crippen molar-refractivity contribution in [2.45, 2.75) is 45.8 Å². The predicted molar refractivity (Wildman–Crippen MR) is 95.8 cm³/mol. The van der Waals surface area contributed by atoms with Crippen LogP contribution >= 0.6 is 0 Å². The zero-order chi connectivity index (χ0) is 17.6. The van der Waals surface area contributed by atoms with Gasteiger partial charge in [0.15, 0.2) is 5.96 Å². The molecule has 1 atom stereocenters. The van der Waals surface area contributed by atoms with E-state index in [-0.39, 0.29) is 6.04 Å². The monoisotopic (exact) mass is 337 g/mol. The largest absolute Gasteiger partial charge is 0.357 e. The van der Waals surface area contributed by atoms with Gasteiger partial charge in [0.2, 0.25) is 0 Å². The quantitative estimate of drug-likeness (QED) is 0.658. The van der Waals surface area contributed by atoms with Gasteiger partial charge in [0, 0.05) is 13.1 Å². The normalized spacial score (nSPS) is 16.8. The van der Waals surface area contributed by atoms with Crippen LogP contribution in [0.25, 0.3) is 0 Å². The summed E-state index contributed by atoms with van der Waals surface area (Å²) in [6, 6.07) is 9.76. The number of aryl methyl sites for hydroxylation is 2. The molecule has 0 saturated heterocycles. The molecule has 25 heavy (non-hydrogen) atoms. The fourth-order valence-corrected chi connectivity index (χ4v) is 2.95. The molecule has 0 aliphatic carbocycles. The summed E-state index contributed by atoms with van der Waals surface area (Å²) in [5.74, 6) is 2.56. The molecule has 0 spiro atoms. The average Bonchev–Trinajstić information content (AvgIpc) is 3.01. The Labute approximate surface area is 147 Å². The molecule has 1 aliphatic heterocycles. The van der Waals surface area contributed by atoms with E-state index in [4.69, 9.17) is 5.26 Å². The van der Waals surface area contributed by atoms with Crippen LogP contribution in [0.2, 0.25) is 0 Å². The van der Waals surface area contributed by atoms with Crippen molar-refractivity contribution in [2.24, 2.45) is 4.99 Å². The van der Waals surface area contributed by atoms with E-state index in [1.54, 1.807) is 0 Å². The molecule has 7 heteroatoms. The van der Waals surface area contributed by atoms with Gasteiger partial charge < -0.3 is 10.6 Å². The number of guanidine groups is 1. The first-order chi connectivity index (χ1) is 12.2. The van der Waals surface area contributed by atoms with Gasteiger partial charge >= 0.3 is 0 Å². The number of aliphatic imine (C=N–C) groups is 1. The highest BCUT2D eigenvalue weighted by molar-refractivity contribution is 5.80. The molecule has 0 bridgehead atoms. The van der Waals surface area contributed by atoms with Crippen LogP contribution in [0, 0.1) is 18.3 Å². The van der Waals surface area contributed by atoms with Crippen molar-refractivity contribution in [1.82, 2.24) is 25.4 Å². The van der Waals surface area contributed by atoms with E-state index in [0.29, 0.717) is 12.1 Å². The number of fused-ring (bicyclic) bond motifs is 1. The van der Waals surface area contributed by atoms with Gasteiger partial charge in [-0.25, -0.2) is 14.7 Å². The van der Waals surface area contributed by atoms with E-state index in [1.807, 2.05) is 42.8 Å². The Balaban J connectivity index is 1.71. The molecule has 1 aliphatic rings. The van der Waals surface area contributed by atoms with Crippen LogP contribution < -0.4 is 10.6 Å². The fourth-order valence-electron chi connectivity index (χ4n) is 2.95. The number of nitrogens with zero attached hydrogens (tertiary/aromatic N) is 5. The van der Waals surface area contributed by atoms with Crippen LogP contribution in [0.15, 0.2) is 29.3 Å². The number of hydrogen-bond donors (Lipinski definition) is 2. The first kappa shape index (κ1) is 17.0. The van der Waals surface area contributed by atoms with Crippen LogP contribution in [0.5, 0.6) is 0 Å². The topological polar surface area (TPSA) is 90.9 Å². The summed E-state index contributed by atoms with van der Waals surface area (Å²) in [6.07, 6.45) is 2.09. The third-order valence-electron chi connectivity index (χ3n) is 4.14. The van der Waals surface area contributed by atoms with Gasteiger partial charge in [0.1, 0.15) is 11.6 Å². The van der Waals surface area contributed by atoms with Crippen molar-refractivity contribution < 1.29 is 0 Å². The van der Waals surface area contributed by atoms with Gasteiger partial charge in [-0.1, -0.05) is 12.1 Å². The maximum atomic E-state index is 8.87. The molecule has 0 saturated carbocycles. The lowest BCUT2D eigenvalue weighted by Gasteiger charge is -2.25. The Morgan fingerprint density at radius 2 is 2.20 bits per heavy atom. The summed E-state index contributed by atoms with van der Waals surface area (Å²) >= 11 is 0. The molecule has 0 radical (unpaired) electrons. The average molecular weight is 337 g/mol. The number of rotatable bonds is 4. The minimum atomic E-state index is 0.119. The first-order valence-electron chi connectivity index (χ1n) is 8.65. The highest BCUT2D eigenvalue weighted by atomic mass is 15.4. The van der Waals surface area contributed by atoms with Crippen LogP contribution in [0.1, 0.15) is 48.6 Å². The molecule has 2 heterocycles. The lowest BCUT2D eigenvalue weighted by atomic mass is 10.1. The second kappa shape index (κ2) is 7.79. The zero-order valence-corrected chi connectivity index (χ0v) is 14.7. The molecule has 0 amide bonds. The zero-order valence-electron chi connectivity index (χ0n) is 14.7. The molecular formula is C18H23N7. The van der Waals surface area contributed by atoms with Crippen molar-refractivity contribution >= 4 is 5.96 Å².